The average molecular weight is 316 g/mol. The van der Waals surface area contributed by atoms with Gasteiger partial charge in [-0.05, 0) is 52.2 Å². The van der Waals surface area contributed by atoms with Crippen LogP contribution in [0.15, 0.2) is 24.3 Å². The van der Waals surface area contributed by atoms with Crippen LogP contribution in [0.3, 0.4) is 0 Å². The number of piperidine rings is 1. The zero-order valence-corrected chi connectivity index (χ0v) is 14.2. The lowest BCUT2D eigenvalue weighted by Crippen LogP contribution is -2.53. The molecule has 23 heavy (non-hydrogen) atoms. The van der Waals surface area contributed by atoms with Crippen molar-refractivity contribution in [3.8, 4) is 0 Å². The third-order valence-corrected chi connectivity index (χ3v) is 4.71. The van der Waals surface area contributed by atoms with E-state index in [4.69, 9.17) is 4.74 Å². The Bertz CT molecular complexity index is 650. The molecule has 1 aromatic rings. The monoisotopic (exact) mass is 316 g/mol. The first-order valence-corrected chi connectivity index (χ1v) is 8.13. The second-order valence-corrected chi connectivity index (χ2v) is 7.56. The van der Waals surface area contributed by atoms with E-state index in [9.17, 15) is 9.59 Å². The number of anilines is 1. The number of ether oxygens (including phenoxy) is 1. The third kappa shape index (κ3) is 2.69. The summed E-state index contributed by atoms with van der Waals surface area (Å²) in [5, 5.41) is 2.99. The molecular weight excluding hydrogens is 292 g/mol. The van der Waals surface area contributed by atoms with Crippen LogP contribution >= 0.6 is 0 Å². The molecule has 0 saturated carbocycles. The highest BCUT2D eigenvalue weighted by Gasteiger charge is 2.51. The van der Waals surface area contributed by atoms with Crippen LogP contribution in [-0.2, 0) is 14.9 Å². The second kappa shape index (κ2) is 5.25. The highest BCUT2D eigenvalue weighted by atomic mass is 16.6. The molecule has 2 amide bonds. The topological polar surface area (TPSA) is 58.6 Å². The van der Waals surface area contributed by atoms with Gasteiger partial charge in [0.15, 0.2) is 0 Å². The van der Waals surface area contributed by atoms with Crippen molar-refractivity contribution in [3.05, 3.63) is 29.8 Å². The lowest BCUT2D eigenvalue weighted by atomic mass is 9.71. The smallest absolute Gasteiger partial charge is 0.410 e. The lowest BCUT2D eigenvalue weighted by Gasteiger charge is -2.42. The summed E-state index contributed by atoms with van der Waals surface area (Å²) >= 11 is 0. The maximum absolute atomic E-state index is 12.6. The van der Waals surface area contributed by atoms with E-state index in [0.717, 1.165) is 11.3 Å². The van der Waals surface area contributed by atoms with Crippen molar-refractivity contribution in [2.24, 2.45) is 0 Å². The van der Waals surface area contributed by atoms with E-state index in [1.54, 1.807) is 4.90 Å². The quantitative estimate of drug-likeness (QED) is 0.799. The van der Waals surface area contributed by atoms with Crippen LogP contribution in [0.4, 0.5) is 10.5 Å². The van der Waals surface area contributed by atoms with Crippen LogP contribution in [0.5, 0.6) is 0 Å². The van der Waals surface area contributed by atoms with E-state index in [-0.39, 0.29) is 18.0 Å². The van der Waals surface area contributed by atoms with Gasteiger partial charge in [0.25, 0.3) is 0 Å². The molecule has 2 aliphatic rings. The molecule has 1 fully saturated rings. The van der Waals surface area contributed by atoms with Gasteiger partial charge in [-0.3, -0.25) is 4.79 Å². The largest absolute Gasteiger partial charge is 0.444 e. The molecule has 0 bridgehead atoms. The molecule has 1 N–H and O–H groups in total. The summed E-state index contributed by atoms with van der Waals surface area (Å²) in [5.74, 6) is 0.0504. The first kappa shape index (κ1) is 15.8. The Labute approximate surface area is 137 Å². The number of para-hydroxylation sites is 1. The van der Waals surface area contributed by atoms with Gasteiger partial charge in [0, 0.05) is 18.3 Å². The molecule has 1 aromatic carbocycles. The van der Waals surface area contributed by atoms with Gasteiger partial charge in [-0.2, -0.15) is 0 Å². The van der Waals surface area contributed by atoms with E-state index in [0.29, 0.717) is 19.4 Å². The molecule has 0 aliphatic carbocycles. The number of fused-ring (bicyclic) bond motifs is 2. The summed E-state index contributed by atoms with van der Waals surface area (Å²) in [6.07, 6.45) is 0.945. The van der Waals surface area contributed by atoms with Crippen molar-refractivity contribution in [1.29, 1.82) is 0 Å². The van der Waals surface area contributed by atoms with Crippen molar-refractivity contribution in [2.45, 2.75) is 57.6 Å². The van der Waals surface area contributed by atoms with Crippen molar-refractivity contribution in [3.63, 3.8) is 0 Å². The molecule has 1 spiro atoms. The zero-order chi connectivity index (χ0) is 16.8. The number of hydrogen-bond donors (Lipinski definition) is 1. The van der Waals surface area contributed by atoms with Crippen molar-refractivity contribution >= 4 is 17.7 Å². The fourth-order valence-electron chi connectivity index (χ4n) is 3.66. The van der Waals surface area contributed by atoms with Gasteiger partial charge in [-0.15, -0.1) is 0 Å². The maximum Gasteiger partial charge on any atom is 0.410 e. The number of benzene rings is 1. The minimum Gasteiger partial charge on any atom is -0.444 e. The zero-order valence-electron chi connectivity index (χ0n) is 14.2. The first-order chi connectivity index (χ1) is 10.7. The number of carbonyl (C=O) groups is 2. The van der Waals surface area contributed by atoms with Crippen molar-refractivity contribution < 1.29 is 14.3 Å². The fourth-order valence-corrected chi connectivity index (χ4v) is 3.66. The first-order valence-electron chi connectivity index (χ1n) is 8.13. The van der Waals surface area contributed by atoms with E-state index in [1.165, 1.54) is 0 Å². The molecular formula is C18H24N2O3. The molecule has 124 valence electrons. The molecule has 2 unspecified atom stereocenters. The lowest BCUT2D eigenvalue weighted by molar-refractivity contribution is -0.123. The Hall–Kier alpha value is -2.04. The third-order valence-electron chi connectivity index (χ3n) is 4.71. The Morgan fingerprint density at radius 1 is 1.35 bits per heavy atom. The van der Waals surface area contributed by atoms with Gasteiger partial charge in [0.1, 0.15) is 5.60 Å². The Morgan fingerprint density at radius 3 is 2.70 bits per heavy atom. The molecule has 3 rings (SSSR count). The molecule has 5 nitrogen and oxygen atoms in total. The van der Waals surface area contributed by atoms with Crippen LogP contribution in [-0.4, -0.2) is 35.1 Å². The van der Waals surface area contributed by atoms with Crippen LogP contribution in [0.25, 0.3) is 0 Å². The van der Waals surface area contributed by atoms with Gasteiger partial charge in [-0.25, -0.2) is 4.79 Å². The number of nitrogens with zero attached hydrogens (tertiary/aromatic N) is 1. The number of amides is 2. The molecule has 2 aliphatic heterocycles. The normalized spacial score (nSPS) is 26.9. The van der Waals surface area contributed by atoms with E-state index in [2.05, 4.69) is 5.32 Å². The standard InChI is InChI=1S/C18H24N2O3/c1-12-11-18(9-10-20(12)16(22)23-17(2,3)4)13-7-5-6-8-14(13)19-15(18)21/h5-8,12H,9-11H2,1-4H3,(H,19,21). The van der Waals surface area contributed by atoms with Gasteiger partial charge in [0.2, 0.25) is 5.91 Å². The predicted molar refractivity (Wildman–Crippen MR) is 88.4 cm³/mol. The summed E-state index contributed by atoms with van der Waals surface area (Å²) in [6, 6.07) is 7.80. The predicted octanol–water partition coefficient (Wildman–Crippen LogP) is 3.30. The average Bonchev–Trinajstić information content (AvgIpc) is 2.70. The van der Waals surface area contributed by atoms with Gasteiger partial charge in [-0.1, -0.05) is 18.2 Å². The number of carbonyl (C=O) groups excluding carboxylic acids is 2. The SMILES string of the molecule is CC1CC2(CCN1C(=O)OC(C)(C)C)C(=O)Nc1ccccc12. The summed E-state index contributed by atoms with van der Waals surface area (Å²) < 4.78 is 5.48. The van der Waals surface area contributed by atoms with Crippen LogP contribution in [0.1, 0.15) is 46.1 Å². The van der Waals surface area contributed by atoms with E-state index >= 15 is 0 Å². The Morgan fingerprint density at radius 2 is 2.04 bits per heavy atom. The highest BCUT2D eigenvalue weighted by molar-refractivity contribution is 6.06. The minimum absolute atomic E-state index is 0.0458. The molecule has 0 radical (unpaired) electrons. The second-order valence-electron chi connectivity index (χ2n) is 7.56. The summed E-state index contributed by atoms with van der Waals surface area (Å²) in [5.41, 5.74) is 0.925. The van der Waals surface area contributed by atoms with Gasteiger partial charge in [0.05, 0.1) is 5.41 Å². The molecule has 1 saturated heterocycles. The maximum atomic E-state index is 12.6. The van der Waals surface area contributed by atoms with Crippen LogP contribution < -0.4 is 5.32 Å². The molecule has 2 heterocycles. The van der Waals surface area contributed by atoms with Crippen molar-refractivity contribution in [2.75, 3.05) is 11.9 Å². The fraction of sp³-hybridized carbons (Fsp3) is 0.556. The van der Waals surface area contributed by atoms with Crippen LogP contribution in [0, 0.1) is 0 Å². The van der Waals surface area contributed by atoms with Gasteiger partial charge < -0.3 is 15.0 Å². The minimum atomic E-state index is -0.519. The summed E-state index contributed by atoms with van der Waals surface area (Å²) in [6.45, 7) is 8.10. The Balaban J connectivity index is 1.82. The summed E-state index contributed by atoms with van der Waals surface area (Å²) in [7, 11) is 0. The molecule has 0 aromatic heterocycles. The molecule has 5 heteroatoms. The highest BCUT2D eigenvalue weighted by Crippen LogP contribution is 2.46. The number of nitrogens with one attached hydrogen (secondary N) is 1. The van der Waals surface area contributed by atoms with Crippen molar-refractivity contribution in [1.82, 2.24) is 4.90 Å². The van der Waals surface area contributed by atoms with E-state index < -0.39 is 11.0 Å². The number of rotatable bonds is 0. The van der Waals surface area contributed by atoms with E-state index in [1.807, 2.05) is 52.0 Å². The van der Waals surface area contributed by atoms with Gasteiger partial charge >= 0.3 is 6.09 Å². The van der Waals surface area contributed by atoms with Crippen LogP contribution in [0.2, 0.25) is 0 Å². The number of hydrogen-bond acceptors (Lipinski definition) is 3. The molecule has 2 atom stereocenters. The Kier molecular flexibility index (Phi) is 3.62. The number of likely N-dealkylation sites (tertiary alicyclic amines) is 1. The summed E-state index contributed by atoms with van der Waals surface area (Å²) in [4.78, 5) is 26.7.